The lowest BCUT2D eigenvalue weighted by Gasteiger charge is -2.17. The lowest BCUT2D eigenvalue weighted by molar-refractivity contribution is 0.0939. The Labute approximate surface area is 166 Å². The van der Waals surface area contributed by atoms with E-state index < -0.39 is 10.0 Å². The number of hydrogen-bond donors (Lipinski definition) is 2. The Morgan fingerprint density at radius 1 is 0.964 bits per heavy atom. The molecule has 0 aliphatic heterocycles. The average Bonchev–Trinajstić information content (AvgIpc) is 2.66. The molecule has 1 amide bonds. The second-order valence-electron chi connectivity index (χ2n) is 6.61. The van der Waals surface area contributed by atoms with Crippen LogP contribution in [0.3, 0.4) is 0 Å². The molecule has 2 aromatic carbocycles. The van der Waals surface area contributed by atoms with Crippen molar-refractivity contribution < 1.29 is 22.7 Å². The van der Waals surface area contributed by atoms with Crippen molar-refractivity contribution in [2.45, 2.75) is 37.8 Å². The molecule has 2 N–H and O–H groups in total. The molecule has 1 atom stereocenters. The van der Waals surface area contributed by atoms with Gasteiger partial charge in [-0.15, -0.1) is 0 Å². The fraction of sp³-hybridized carbons (Fsp3) is 0.350. The van der Waals surface area contributed by atoms with Gasteiger partial charge in [0.15, 0.2) is 0 Å². The largest absolute Gasteiger partial charge is 0.497 e. The number of benzene rings is 2. The van der Waals surface area contributed by atoms with Crippen molar-refractivity contribution in [3.05, 3.63) is 53.6 Å². The zero-order valence-corrected chi connectivity index (χ0v) is 17.5. The number of carbonyl (C=O) groups is 1. The fourth-order valence-electron chi connectivity index (χ4n) is 2.66. The third-order valence-electron chi connectivity index (χ3n) is 4.07. The zero-order chi connectivity index (χ0) is 20.9. The van der Waals surface area contributed by atoms with E-state index in [1.54, 1.807) is 21.0 Å². The molecule has 0 aliphatic carbocycles. The van der Waals surface area contributed by atoms with E-state index in [9.17, 15) is 13.2 Å². The van der Waals surface area contributed by atoms with Gasteiger partial charge in [-0.2, -0.15) is 0 Å². The normalized spacial score (nSPS) is 12.5. The molecule has 2 aromatic rings. The highest BCUT2D eigenvalue weighted by atomic mass is 32.2. The monoisotopic (exact) mass is 406 g/mol. The fourth-order valence-corrected chi connectivity index (χ4v) is 4.10. The van der Waals surface area contributed by atoms with E-state index in [1.807, 2.05) is 31.2 Å². The van der Waals surface area contributed by atoms with E-state index in [2.05, 4.69) is 10.0 Å². The van der Waals surface area contributed by atoms with E-state index >= 15 is 0 Å². The van der Waals surface area contributed by atoms with Gasteiger partial charge in [-0.3, -0.25) is 4.79 Å². The van der Waals surface area contributed by atoms with Crippen LogP contribution in [0.5, 0.6) is 11.5 Å². The van der Waals surface area contributed by atoms with Crippen molar-refractivity contribution in [2.24, 2.45) is 0 Å². The third kappa shape index (κ3) is 5.24. The van der Waals surface area contributed by atoms with Crippen molar-refractivity contribution in [1.29, 1.82) is 0 Å². The van der Waals surface area contributed by atoms with Crippen LogP contribution in [-0.4, -0.2) is 34.6 Å². The predicted molar refractivity (Wildman–Crippen MR) is 107 cm³/mol. The molecule has 152 valence electrons. The Hall–Kier alpha value is -2.58. The van der Waals surface area contributed by atoms with Crippen LogP contribution in [0.15, 0.2) is 47.4 Å². The van der Waals surface area contributed by atoms with Crippen molar-refractivity contribution in [3.8, 4) is 11.5 Å². The first-order valence-electron chi connectivity index (χ1n) is 8.83. The van der Waals surface area contributed by atoms with Crippen LogP contribution in [0, 0.1) is 0 Å². The van der Waals surface area contributed by atoms with Crippen molar-refractivity contribution >= 4 is 15.9 Å². The number of rotatable bonds is 8. The molecule has 28 heavy (non-hydrogen) atoms. The van der Waals surface area contributed by atoms with Gasteiger partial charge >= 0.3 is 0 Å². The summed E-state index contributed by atoms with van der Waals surface area (Å²) in [5.41, 5.74) is 1.13. The van der Waals surface area contributed by atoms with E-state index in [0.29, 0.717) is 0 Å². The number of nitrogens with one attached hydrogen (secondary N) is 2. The zero-order valence-electron chi connectivity index (χ0n) is 16.6. The topological polar surface area (TPSA) is 93.7 Å². The molecule has 7 nitrogen and oxygen atoms in total. The van der Waals surface area contributed by atoms with Crippen LogP contribution in [0.1, 0.15) is 42.7 Å². The molecule has 1 unspecified atom stereocenters. The lowest BCUT2D eigenvalue weighted by atomic mass is 10.1. The summed E-state index contributed by atoms with van der Waals surface area (Å²) in [6.45, 7) is 5.29. The molecule has 0 spiro atoms. The smallest absolute Gasteiger partial charge is 0.251 e. The number of carbonyl (C=O) groups excluding carboxylic acids is 1. The molecule has 0 saturated carbocycles. The number of ether oxygens (including phenoxy) is 2. The molecule has 8 heteroatoms. The number of hydrogen-bond acceptors (Lipinski definition) is 5. The Kier molecular flexibility index (Phi) is 7.04. The van der Waals surface area contributed by atoms with Crippen LogP contribution in [-0.2, 0) is 10.0 Å². The molecule has 0 aromatic heterocycles. The maximum Gasteiger partial charge on any atom is 0.251 e. The highest BCUT2D eigenvalue weighted by molar-refractivity contribution is 7.89. The second-order valence-corrected chi connectivity index (χ2v) is 8.29. The van der Waals surface area contributed by atoms with Gasteiger partial charge in [0.05, 0.1) is 20.3 Å². The van der Waals surface area contributed by atoms with Crippen molar-refractivity contribution in [3.63, 3.8) is 0 Å². The standard InChI is InChI=1S/C20H26N2O5S/c1-13(2)22-28(24,25)19-12-16(8-11-18(19)27-5)20(23)21-14(3)15-6-9-17(26-4)10-7-15/h6-14,22H,1-5H3,(H,21,23). The molecule has 0 saturated heterocycles. The Bertz CT molecular complexity index is 924. The van der Waals surface area contributed by atoms with E-state index in [0.717, 1.165) is 11.3 Å². The number of amides is 1. The van der Waals surface area contributed by atoms with Gasteiger partial charge in [-0.05, 0) is 56.7 Å². The molecular formula is C20H26N2O5S. The summed E-state index contributed by atoms with van der Waals surface area (Å²) in [6, 6.07) is 11.1. The lowest BCUT2D eigenvalue weighted by Crippen LogP contribution is -2.31. The van der Waals surface area contributed by atoms with Crippen LogP contribution in [0.25, 0.3) is 0 Å². The van der Waals surface area contributed by atoms with E-state index in [4.69, 9.17) is 9.47 Å². The Morgan fingerprint density at radius 2 is 1.61 bits per heavy atom. The van der Waals surface area contributed by atoms with Crippen molar-refractivity contribution in [2.75, 3.05) is 14.2 Å². The highest BCUT2D eigenvalue weighted by Gasteiger charge is 2.23. The molecule has 0 bridgehead atoms. The van der Waals surface area contributed by atoms with Crippen LogP contribution < -0.4 is 19.5 Å². The van der Waals surface area contributed by atoms with Gasteiger partial charge in [0, 0.05) is 11.6 Å². The van der Waals surface area contributed by atoms with Gasteiger partial charge in [0.2, 0.25) is 10.0 Å². The third-order valence-corrected chi connectivity index (χ3v) is 5.75. The summed E-state index contributed by atoms with van der Waals surface area (Å²) in [6.07, 6.45) is 0. The number of sulfonamides is 1. The first-order chi connectivity index (χ1) is 13.2. The summed E-state index contributed by atoms with van der Waals surface area (Å²) in [4.78, 5) is 12.6. The summed E-state index contributed by atoms with van der Waals surface area (Å²) in [5.74, 6) is 0.518. The van der Waals surface area contributed by atoms with Crippen LogP contribution in [0.2, 0.25) is 0 Å². The maximum absolute atomic E-state index is 12.7. The minimum atomic E-state index is -3.82. The minimum Gasteiger partial charge on any atom is -0.497 e. The second kappa shape index (κ2) is 9.07. The molecular weight excluding hydrogens is 380 g/mol. The van der Waals surface area contributed by atoms with E-state index in [1.165, 1.54) is 25.3 Å². The van der Waals surface area contributed by atoms with Crippen LogP contribution in [0.4, 0.5) is 0 Å². The molecule has 0 fully saturated rings. The maximum atomic E-state index is 12.7. The summed E-state index contributed by atoms with van der Waals surface area (Å²) in [7, 11) is -0.844. The number of methoxy groups -OCH3 is 2. The Morgan fingerprint density at radius 3 is 2.14 bits per heavy atom. The SMILES string of the molecule is COc1ccc(C(C)NC(=O)c2ccc(OC)c(S(=O)(=O)NC(C)C)c2)cc1. The van der Waals surface area contributed by atoms with Gasteiger partial charge < -0.3 is 14.8 Å². The minimum absolute atomic E-state index is 0.0755. The summed E-state index contributed by atoms with van der Waals surface area (Å²) >= 11 is 0. The van der Waals surface area contributed by atoms with Gasteiger partial charge in [-0.1, -0.05) is 12.1 Å². The van der Waals surface area contributed by atoms with E-state index in [-0.39, 0.29) is 34.2 Å². The van der Waals surface area contributed by atoms with Crippen LogP contribution >= 0.6 is 0 Å². The predicted octanol–water partition coefficient (Wildman–Crippen LogP) is 2.88. The summed E-state index contributed by atoms with van der Waals surface area (Å²) in [5, 5.41) is 2.87. The summed E-state index contributed by atoms with van der Waals surface area (Å²) < 4.78 is 37.9. The van der Waals surface area contributed by atoms with Gasteiger partial charge in [0.25, 0.3) is 5.91 Å². The van der Waals surface area contributed by atoms with Gasteiger partial charge in [0.1, 0.15) is 16.4 Å². The highest BCUT2D eigenvalue weighted by Crippen LogP contribution is 2.26. The molecule has 0 heterocycles. The average molecular weight is 407 g/mol. The van der Waals surface area contributed by atoms with Crippen molar-refractivity contribution in [1.82, 2.24) is 10.0 Å². The Balaban J connectivity index is 2.26. The molecule has 0 aliphatic rings. The van der Waals surface area contributed by atoms with Gasteiger partial charge in [-0.25, -0.2) is 13.1 Å². The molecule has 2 rings (SSSR count). The quantitative estimate of drug-likeness (QED) is 0.703. The molecule has 0 radical (unpaired) electrons. The first kappa shape index (κ1) is 21.7. The first-order valence-corrected chi connectivity index (χ1v) is 10.3.